The van der Waals surface area contributed by atoms with Crippen LogP contribution < -0.4 is 4.74 Å². The van der Waals surface area contributed by atoms with Gasteiger partial charge in [0, 0.05) is 0 Å². The standard InChI is InChI=1S/C20H20N2O5/c1-3-26-19(25)15-9-10-16-17(11-15)22(20(21-16)27-4-2)12-13-5-7-14(8-6-13)18(23)24/h5-11H,3-4,12H2,1-2H3,(H,23,24). The van der Waals surface area contributed by atoms with Crippen LogP contribution >= 0.6 is 0 Å². The molecule has 1 aromatic heterocycles. The summed E-state index contributed by atoms with van der Waals surface area (Å²) in [6, 6.07) is 12.2. The van der Waals surface area contributed by atoms with Crippen molar-refractivity contribution in [3.63, 3.8) is 0 Å². The molecule has 1 N–H and O–H groups in total. The minimum Gasteiger partial charge on any atom is -0.478 e. The number of rotatable bonds is 7. The van der Waals surface area contributed by atoms with Gasteiger partial charge in [-0.3, -0.25) is 4.57 Å². The number of carbonyl (C=O) groups is 2. The number of ether oxygens (including phenoxy) is 2. The first-order valence-electron chi connectivity index (χ1n) is 8.66. The number of fused-ring (bicyclic) bond motifs is 1. The van der Waals surface area contributed by atoms with Gasteiger partial charge in [0.1, 0.15) is 0 Å². The fourth-order valence-electron chi connectivity index (χ4n) is 2.77. The van der Waals surface area contributed by atoms with Crippen molar-refractivity contribution in [2.75, 3.05) is 13.2 Å². The first-order valence-corrected chi connectivity index (χ1v) is 8.66. The number of carboxylic acids is 1. The van der Waals surface area contributed by atoms with E-state index in [2.05, 4.69) is 4.98 Å². The van der Waals surface area contributed by atoms with E-state index in [4.69, 9.17) is 14.6 Å². The largest absolute Gasteiger partial charge is 0.478 e. The number of esters is 1. The first kappa shape index (κ1) is 18.4. The molecule has 0 radical (unpaired) electrons. The van der Waals surface area contributed by atoms with Crippen LogP contribution in [0.15, 0.2) is 42.5 Å². The Morgan fingerprint density at radius 1 is 1.04 bits per heavy atom. The van der Waals surface area contributed by atoms with E-state index in [0.717, 1.165) is 11.1 Å². The Labute approximate surface area is 156 Å². The van der Waals surface area contributed by atoms with Crippen molar-refractivity contribution in [2.24, 2.45) is 0 Å². The van der Waals surface area contributed by atoms with E-state index in [1.807, 2.05) is 11.5 Å². The Kier molecular flexibility index (Phi) is 5.40. The molecule has 0 fully saturated rings. The molecule has 0 unspecified atom stereocenters. The van der Waals surface area contributed by atoms with Gasteiger partial charge in [-0.1, -0.05) is 12.1 Å². The Morgan fingerprint density at radius 3 is 2.37 bits per heavy atom. The van der Waals surface area contributed by atoms with Gasteiger partial charge in [-0.15, -0.1) is 0 Å². The van der Waals surface area contributed by atoms with Gasteiger partial charge >= 0.3 is 11.9 Å². The quantitative estimate of drug-likeness (QED) is 0.643. The Hall–Kier alpha value is -3.35. The van der Waals surface area contributed by atoms with Crippen LogP contribution in [0.1, 0.15) is 40.1 Å². The molecule has 0 bridgehead atoms. The smallest absolute Gasteiger partial charge is 0.338 e. The number of nitrogens with zero attached hydrogens (tertiary/aromatic N) is 2. The Morgan fingerprint density at radius 2 is 1.74 bits per heavy atom. The van der Waals surface area contributed by atoms with E-state index in [-0.39, 0.29) is 5.56 Å². The first-order chi connectivity index (χ1) is 13.0. The van der Waals surface area contributed by atoms with E-state index in [1.165, 1.54) is 0 Å². The highest BCUT2D eigenvalue weighted by Crippen LogP contribution is 2.25. The number of benzene rings is 2. The van der Waals surface area contributed by atoms with E-state index in [9.17, 15) is 9.59 Å². The average molecular weight is 368 g/mol. The number of carbonyl (C=O) groups excluding carboxylic acids is 1. The van der Waals surface area contributed by atoms with Gasteiger partial charge in [0.25, 0.3) is 6.01 Å². The number of aromatic carboxylic acids is 1. The molecule has 0 saturated heterocycles. The molecule has 0 saturated carbocycles. The van der Waals surface area contributed by atoms with Crippen LogP contribution in [0.4, 0.5) is 0 Å². The maximum Gasteiger partial charge on any atom is 0.338 e. The summed E-state index contributed by atoms with van der Waals surface area (Å²) in [4.78, 5) is 27.6. The molecule has 140 valence electrons. The summed E-state index contributed by atoms with van der Waals surface area (Å²) >= 11 is 0. The number of hydrogen-bond donors (Lipinski definition) is 1. The average Bonchev–Trinajstić information content (AvgIpc) is 2.99. The Balaban J connectivity index is 2.02. The van der Waals surface area contributed by atoms with Crippen molar-refractivity contribution in [1.29, 1.82) is 0 Å². The molecule has 3 aromatic rings. The van der Waals surface area contributed by atoms with Crippen LogP contribution in [0.3, 0.4) is 0 Å². The monoisotopic (exact) mass is 368 g/mol. The van der Waals surface area contributed by atoms with Crippen molar-refractivity contribution >= 4 is 23.0 Å². The second kappa shape index (κ2) is 7.90. The predicted octanol–water partition coefficient (Wildman–Crippen LogP) is 3.36. The zero-order chi connectivity index (χ0) is 19.4. The second-order valence-electron chi connectivity index (χ2n) is 5.84. The fraction of sp³-hybridized carbons (Fsp3) is 0.250. The zero-order valence-corrected chi connectivity index (χ0v) is 15.1. The minimum absolute atomic E-state index is 0.226. The van der Waals surface area contributed by atoms with Crippen molar-refractivity contribution < 1.29 is 24.2 Å². The summed E-state index contributed by atoms with van der Waals surface area (Å²) in [6.07, 6.45) is 0. The van der Waals surface area contributed by atoms with E-state index in [0.29, 0.717) is 36.8 Å². The highest BCUT2D eigenvalue weighted by Gasteiger charge is 2.16. The molecular formula is C20H20N2O5. The lowest BCUT2D eigenvalue weighted by Gasteiger charge is -2.10. The summed E-state index contributed by atoms with van der Waals surface area (Å²) in [5, 5.41) is 9.04. The van der Waals surface area contributed by atoms with Crippen LogP contribution in [-0.2, 0) is 11.3 Å². The summed E-state index contributed by atoms with van der Waals surface area (Å²) in [7, 11) is 0. The molecule has 0 atom stereocenters. The lowest BCUT2D eigenvalue weighted by molar-refractivity contribution is 0.0526. The van der Waals surface area contributed by atoms with Crippen LogP contribution in [0.25, 0.3) is 11.0 Å². The molecule has 3 rings (SSSR count). The van der Waals surface area contributed by atoms with E-state index >= 15 is 0 Å². The third kappa shape index (κ3) is 3.92. The summed E-state index contributed by atoms with van der Waals surface area (Å²) < 4.78 is 12.6. The summed E-state index contributed by atoms with van der Waals surface area (Å²) in [5.41, 5.74) is 3.00. The Bertz CT molecular complexity index is 976. The molecule has 0 amide bonds. The molecule has 2 aromatic carbocycles. The number of carboxylic acid groups (broad SMARTS) is 1. The van der Waals surface area contributed by atoms with Crippen LogP contribution in [0.5, 0.6) is 6.01 Å². The van der Waals surface area contributed by atoms with Gasteiger partial charge in [-0.05, 0) is 49.7 Å². The van der Waals surface area contributed by atoms with Crippen molar-refractivity contribution in [2.45, 2.75) is 20.4 Å². The van der Waals surface area contributed by atoms with Gasteiger partial charge in [-0.2, -0.15) is 4.98 Å². The molecule has 0 spiro atoms. The normalized spacial score (nSPS) is 10.7. The van der Waals surface area contributed by atoms with Gasteiger partial charge in [0.15, 0.2) is 0 Å². The third-order valence-corrected chi connectivity index (χ3v) is 4.04. The SMILES string of the molecule is CCOC(=O)c1ccc2nc(OCC)n(Cc3ccc(C(=O)O)cc3)c2c1. The fourth-order valence-corrected chi connectivity index (χ4v) is 2.77. The molecule has 7 nitrogen and oxygen atoms in total. The number of hydrogen-bond acceptors (Lipinski definition) is 5. The highest BCUT2D eigenvalue weighted by atomic mass is 16.5. The number of aromatic nitrogens is 2. The molecule has 27 heavy (non-hydrogen) atoms. The zero-order valence-electron chi connectivity index (χ0n) is 15.1. The predicted molar refractivity (Wildman–Crippen MR) is 99.4 cm³/mol. The van der Waals surface area contributed by atoms with E-state index < -0.39 is 11.9 Å². The summed E-state index contributed by atoms with van der Waals surface area (Å²) in [6.45, 7) is 4.81. The lowest BCUT2D eigenvalue weighted by atomic mass is 10.1. The van der Waals surface area contributed by atoms with E-state index in [1.54, 1.807) is 49.4 Å². The van der Waals surface area contributed by atoms with Gasteiger partial charge in [0.05, 0.1) is 41.9 Å². The van der Waals surface area contributed by atoms with Crippen LogP contribution in [-0.4, -0.2) is 39.8 Å². The summed E-state index contributed by atoms with van der Waals surface area (Å²) in [5.74, 6) is -1.36. The van der Waals surface area contributed by atoms with Gasteiger partial charge in [-0.25, -0.2) is 9.59 Å². The maximum atomic E-state index is 12.1. The van der Waals surface area contributed by atoms with Gasteiger partial charge < -0.3 is 14.6 Å². The third-order valence-electron chi connectivity index (χ3n) is 4.04. The highest BCUT2D eigenvalue weighted by molar-refractivity contribution is 5.94. The molecule has 0 aliphatic rings. The van der Waals surface area contributed by atoms with Crippen molar-refractivity contribution in [3.05, 3.63) is 59.2 Å². The minimum atomic E-state index is -0.969. The molecule has 0 aliphatic heterocycles. The molecule has 0 aliphatic carbocycles. The van der Waals surface area contributed by atoms with Gasteiger partial charge in [0.2, 0.25) is 0 Å². The topological polar surface area (TPSA) is 90.7 Å². The molecule has 1 heterocycles. The van der Waals surface area contributed by atoms with Crippen LogP contribution in [0, 0.1) is 0 Å². The lowest BCUT2D eigenvalue weighted by Crippen LogP contribution is -2.07. The van der Waals surface area contributed by atoms with Crippen molar-refractivity contribution in [3.8, 4) is 6.01 Å². The van der Waals surface area contributed by atoms with Crippen molar-refractivity contribution in [1.82, 2.24) is 9.55 Å². The number of imidazole rings is 1. The second-order valence-corrected chi connectivity index (χ2v) is 5.84. The molecular weight excluding hydrogens is 348 g/mol. The maximum absolute atomic E-state index is 12.1. The molecule has 7 heteroatoms. The van der Waals surface area contributed by atoms with Crippen LogP contribution in [0.2, 0.25) is 0 Å².